The fraction of sp³-hybridized carbons (Fsp3) is 0.0952. The van der Waals surface area contributed by atoms with Crippen LogP contribution in [0.4, 0.5) is 9.52 Å². The molecule has 0 fully saturated rings. The van der Waals surface area contributed by atoms with Gasteiger partial charge in [-0.3, -0.25) is 5.43 Å². The highest BCUT2D eigenvalue weighted by molar-refractivity contribution is 7.13. The van der Waals surface area contributed by atoms with Crippen LogP contribution in [-0.2, 0) is 0 Å². The molecular formula is C21H18FN5S. The maximum Gasteiger partial charge on any atom is 0.203 e. The standard InChI is InChI=1S/C21H18FN5S/c1-13-11-15(7-9-16(13)22)8-10-19(26-27-21-23-14(2)12-28-21)20-24-17-5-3-4-6-18(17)25-20/h3-12H,1-2H3,(H,23,27)(H,24,25)/b10-8+,26-19-. The van der Waals surface area contributed by atoms with Gasteiger partial charge in [-0.05, 0) is 55.3 Å². The third kappa shape index (κ3) is 3.99. The molecule has 28 heavy (non-hydrogen) atoms. The van der Waals surface area contributed by atoms with Gasteiger partial charge in [-0.1, -0.05) is 24.3 Å². The molecule has 0 saturated heterocycles. The van der Waals surface area contributed by atoms with E-state index < -0.39 is 0 Å². The molecule has 2 heterocycles. The number of para-hydroxylation sites is 2. The van der Waals surface area contributed by atoms with Crippen molar-refractivity contribution in [3.63, 3.8) is 0 Å². The van der Waals surface area contributed by atoms with Crippen molar-refractivity contribution in [3.8, 4) is 0 Å². The Balaban J connectivity index is 1.69. The van der Waals surface area contributed by atoms with Gasteiger partial charge in [0, 0.05) is 5.38 Å². The quantitative estimate of drug-likeness (QED) is 0.358. The van der Waals surface area contributed by atoms with Gasteiger partial charge in [-0.2, -0.15) is 5.10 Å². The van der Waals surface area contributed by atoms with E-state index in [0.29, 0.717) is 22.2 Å². The van der Waals surface area contributed by atoms with E-state index in [0.717, 1.165) is 22.3 Å². The van der Waals surface area contributed by atoms with Crippen LogP contribution in [0.1, 0.15) is 22.6 Å². The van der Waals surface area contributed by atoms with Crippen LogP contribution >= 0.6 is 11.3 Å². The van der Waals surface area contributed by atoms with Crippen molar-refractivity contribution in [3.05, 3.63) is 82.4 Å². The van der Waals surface area contributed by atoms with E-state index in [-0.39, 0.29) is 5.82 Å². The average molecular weight is 391 g/mol. The summed E-state index contributed by atoms with van der Waals surface area (Å²) >= 11 is 1.48. The lowest BCUT2D eigenvalue weighted by Gasteiger charge is -2.01. The van der Waals surface area contributed by atoms with Gasteiger partial charge in [0.15, 0.2) is 5.82 Å². The highest BCUT2D eigenvalue weighted by Gasteiger charge is 2.08. The molecule has 0 amide bonds. The first-order chi connectivity index (χ1) is 13.6. The number of aryl methyl sites for hydroxylation is 2. The lowest BCUT2D eigenvalue weighted by molar-refractivity contribution is 0.618. The van der Waals surface area contributed by atoms with Crippen LogP contribution in [0, 0.1) is 19.7 Å². The number of H-pyrrole nitrogens is 1. The molecule has 140 valence electrons. The topological polar surface area (TPSA) is 66.0 Å². The molecule has 0 spiro atoms. The Morgan fingerprint density at radius 2 is 2.04 bits per heavy atom. The Kier molecular flexibility index (Phi) is 4.99. The molecule has 7 heteroatoms. The first kappa shape index (κ1) is 18.1. The number of thiazole rings is 1. The minimum absolute atomic E-state index is 0.218. The molecule has 0 aliphatic carbocycles. The number of fused-ring (bicyclic) bond motifs is 1. The summed E-state index contributed by atoms with van der Waals surface area (Å²) in [5.41, 5.74) is 7.82. The maximum absolute atomic E-state index is 13.5. The summed E-state index contributed by atoms with van der Waals surface area (Å²) in [6.07, 6.45) is 3.73. The summed E-state index contributed by atoms with van der Waals surface area (Å²) in [6.45, 7) is 3.68. The highest BCUT2D eigenvalue weighted by atomic mass is 32.1. The van der Waals surface area contributed by atoms with Gasteiger partial charge in [-0.15, -0.1) is 11.3 Å². The molecule has 2 N–H and O–H groups in total. The van der Waals surface area contributed by atoms with Crippen LogP contribution in [-0.4, -0.2) is 20.7 Å². The predicted molar refractivity (Wildman–Crippen MR) is 113 cm³/mol. The van der Waals surface area contributed by atoms with Gasteiger partial charge in [-0.25, -0.2) is 14.4 Å². The van der Waals surface area contributed by atoms with Crippen molar-refractivity contribution in [2.75, 3.05) is 5.43 Å². The molecule has 0 atom stereocenters. The third-order valence-electron chi connectivity index (χ3n) is 4.14. The Labute approximate surface area is 165 Å². The summed E-state index contributed by atoms with van der Waals surface area (Å²) < 4.78 is 13.5. The SMILES string of the molecule is Cc1csc(N/N=C(/C=C/c2ccc(F)c(C)c2)c2nc3ccccc3[nH]2)n1. The Morgan fingerprint density at radius 3 is 2.79 bits per heavy atom. The Hall–Kier alpha value is -3.32. The van der Waals surface area contributed by atoms with E-state index in [1.165, 1.54) is 17.4 Å². The van der Waals surface area contributed by atoms with Crippen LogP contribution in [0.2, 0.25) is 0 Å². The number of allylic oxidation sites excluding steroid dienone is 1. The predicted octanol–water partition coefficient (Wildman–Crippen LogP) is 5.30. The van der Waals surface area contributed by atoms with E-state index in [9.17, 15) is 4.39 Å². The number of imidazole rings is 1. The van der Waals surface area contributed by atoms with Crippen LogP contribution < -0.4 is 5.43 Å². The number of aromatic nitrogens is 3. The van der Waals surface area contributed by atoms with Gasteiger partial charge < -0.3 is 4.98 Å². The van der Waals surface area contributed by atoms with Gasteiger partial charge in [0.25, 0.3) is 0 Å². The molecule has 0 aliphatic heterocycles. The maximum atomic E-state index is 13.5. The van der Waals surface area contributed by atoms with Crippen molar-refractivity contribution in [2.45, 2.75) is 13.8 Å². The summed E-state index contributed by atoms with van der Waals surface area (Å²) in [5, 5.41) is 7.15. The van der Waals surface area contributed by atoms with Crippen molar-refractivity contribution in [1.82, 2.24) is 15.0 Å². The molecule has 4 aromatic rings. The first-order valence-corrected chi connectivity index (χ1v) is 9.61. The monoisotopic (exact) mass is 391 g/mol. The third-order valence-corrected chi connectivity index (χ3v) is 5.00. The highest BCUT2D eigenvalue weighted by Crippen LogP contribution is 2.17. The molecule has 0 saturated carbocycles. The number of halogens is 1. The lowest BCUT2D eigenvalue weighted by Crippen LogP contribution is -2.03. The normalized spacial score (nSPS) is 12.2. The molecule has 0 bridgehead atoms. The number of rotatable bonds is 5. The number of benzene rings is 2. The number of nitrogens with one attached hydrogen (secondary N) is 2. The van der Waals surface area contributed by atoms with E-state index in [4.69, 9.17) is 0 Å². The van der Waals surface area contributed by atoms with Crippen molar-refractivity contribution in [1.29, 1.82) is 0 Å². The molecule has 0 radical (unpaired) electrons. The van der Waals surface area contributed by atoms with E-state index >= 15 is 0 Å². The van der Waals surface area contributed by atoms with E-state index in [1.807, 2.05) is 48.7 Å². The number of hydrazone groups is 1. The Morgan fingerprint density at radius 1 is 1.18 bits per heavy atom. The second kappa shape index (κ2) is 7.74. The number of nitrogens with zero attached hydrogens (tertiary/aromatic N) is 3. The number of aromatic amines is 1. The number of hydrogen-bond donors (Lipinski definition) is 2. The van der Waals surface area contributed by atoms with Crippen molar-refractivity contribution in [2.24, 2.45) is 5.10 Å². The lowest BCUT2D eigenvalue weighted by atomic mass is 10.1. The summed E-state index contributed by atoms with van der Waals surface area (Å²) in [7, 11) is 0. The zero-order valence-corrected chi connectivity index (χ0v) is 16.2. The van der Waals surface area contributed by atoms with Crippen LogP contribution in [0.5, 0.6) is 0 Å². The summed E-state index contributed by atoms with van der Waals surface area (Å²) in [5.74, 6) is 0.418. The van der Waals surface area contributed by atoms with Crippen LogP contribution in [0.15, 0.2) is 59.0 Å². The molecule has 4 rings (SSSR count). The molecular weight excluding hydrogens is 373 g/mol. The van der Waals surface area contributed by atoms with E-state index in [1.54, 1.807) is 19.1 Å². The second-order valence-corrected chi connectivity index (χ2v) is 7.21. The zero-order valence-electron chi connectivity index (χ0n) is 15.4. The largest absolute Gasteiger partial charge is 0.337 e. The minimum atomic E-state index is -0.218. The summed E-state index contributed by atoms with van der Waals surface area (Å²) in [4.78, 5) is 12.3. The van der Waals surface area contributed by atoms with Crippen molar-refractivity contribution >= 4 is 39.3 Å². The molecule has 2 aromatic carbocycles. The van der Waals surface area contributed by atoms with E-state index in [2.05, 4.69) is 25.5 Å². The van der Waals surface area contributed by atoms with Gasteiger partial charge >= 0.3 is 0 Å². The van der Waals surface area contributed by atoms with Crippen LogP contribution in [0.3, 0.4) is 0 Å². The van der Waals surface area contributed by atoms with Crippen LogP contribution in [0.25, 0.3) is 17.1 Å². The van der Waals surface area contributed by atoms with Crippen molar-refractivity contribution < 1.29 is 4.39 Å². The Bertz CT molecular complexity index is 1160. The zero-order chi connectivity index (χ0) is 19.5. The minimum Gasteiger partial charge on any atom is -0.337 e. The number of anilines is 1. The van der Waals surface area contributed by atoms with Gasteiger partial charge in [0.2, 0.25) is 5.13 Å². The fourth-order valence-electron chi connectivity index (χ4n) is 2.70. The fourth-order valence-corrected chi connectivity index (χ4v) is 3.33. The first-order valence-electron chi connectivity index (χ1n) is 8.74. The van der Waals surface area contributed by atoms with Gasteiger partial charge in [0.1, 0.15) is 11.5 Å². The summed E-state index contributed by atoms with van der Waals surface area (Å²) in [6, 6.07) is 12.8. The molecule has 2 aromatic heterocycles. The molecule has 5 nitrogen and oxygen atoms in total. The average Bonchev–Trinajstić information content (AvgIpc) is 3.30. The second-order valence-electron chi connectivity index (χ2n) is 6.35. The number of hydrogen-bond acceptors (Lipinski definition) is 5. The molecule has 0 unspecified atom stereocenters. The van der Waals surface area contributed by atoms with Gasteiger partial charge in [0.05, 0.1) is 16.7 Å². The smallest absolute Gasteiger partial charge is 0.203 e. The molecule has 0 aliphatic rings.